The van der Waals surface area contributed by atoms with E-state index in [-0.39, 0.29) is 23.5 Å². The van der Waals surface area contributed by atoms with Crippen molar-refractivity contribution in [3.8, 4) is 16.9 Å². The van der Waals surface area contributed by atoms with Crippen LogP contribution in [-0.4, -0.2) is 34.4 Å². The van der Waals surface area contributed by atoms with Gasteiger partial charge in [0.1, 0.15) is 11.8 Å². The number of benzene rings is 2. The summed E-state index contributed by atoms with van der Waals surface area (Å²) in [4.78, 5) is 51.5. The van der Waals surface area contributed by atoms with Crippen LogP contribution in [0.25, 0.3) is 11.1 Å². The SMILES string of the molecule is C/C=C(\C=C/CC)CC(C(=O)Nc1ccc(C(=O)O)cc1)n1cc(OC)c(-c2cc(Cl)ccc2C(=O)CCC)cc1=O. The number of aromatic nitrogens is 1. The normalized spacial score (nSPS) is 12.3. The number of ether oxygens (including phenoxy) is 1. The molecule has 8 nitrogen and oxygen atoms in total. The summed E-state index contributed by atoms with van der Waals surface area (Å²) in [7, 11) is 1.45. The van der Waals surface area contributed by atoms with E-state index >= 15 is 0 Å². The highest BCUT2D eigenvalue weighted by Gasteiger charge is 2.25. The molecule has 1 atom stereocenters. The van der Waals surface area contributed by atoms with Crippen LogP contribution in [-0.2, 0) is 4.79 Å². The number of halogens is 1. The summed E-state index contributed by atoms with van der Waals surface area (Å²) < 4.78 is 6.99. The van der Waals surface area contributed by atoms with Crippen LogP contribution in [0.5, 0.6) is 5.75 Å². The van der Waals surface area contributed by atoms with Crippen molar-refractivity contribution < 1.29 is 24.2 Å². The Hall–Kier alpha value is -4.43. The summed E-state index contributed by atoms with van der Waals surface area (Å²) >= 11 is 6.29. The molecule has 0 aliphatic rings. The van der Waals surface area contributed by atoms with E-state index in [0.717, 1.165) is 12.0 Å². The Balaban J connectivity index is 2.13. The van der Waals surface area contributed by atoms with E-state index in [1.807, 2.05) is 39.0 Å². The van der Waals surface area contributed by atoms with Crippen molar-refractivity contribution in [2.75, 3.05) is 12.4 Å². The van der Waals surface area contributed by atoms with Gasteiger partial charge in [-0.15, -0.1) is 0 Å². The Morgan fingerprint density at radius 2 is 1.79 bits per heavy atom. The first-order chi connectivity index (χ1) is 20.1. The number of amides is 1. The van der Waals surface area contributed by atoms with Crippen LogP contribution in [0.3, 0.4) is 0 Å². The zero-order valence-corrected chi connectivity index (χ0v) is 24.9. The lowest BCUT2D eigenvalue weighted by molar-refractivity contribution is -0.119. The molecule has 42 heavy (non-hydrogen) atoms. The highest BCUT2D eigenvalue weighted by Crippen LogP contribution is 2.35. The van der Waals surface area contributed by atoms with Gasteiger partial charge in [-0.1, -0.05) is 49.2 Å². The van der Waals surface area contributed by atoms with Gasteiger partial charge < -0.3 is 15.2 Å². The molecule has 0 spiro atoms. The fourth-order valence-corrected chi connectivity index (χ4v) is 4.68. The van der Waals surface area contributed by atoms with Crippen molar-refractivity contribution in [1.29, 1.82) is 0 Å². The fourth-order valence-electron chi connectivity index (χ4n) is 4.50. The molecule has 9 heteroatoms. The number of ketones is 1. The standard InChI is InChI=1S/C33H35ClN2O6/c1-5-8-10-21(7-3)17-28(32(39)35-24-14-11-22(12-15-24)33(40)41)36-20-30(42-4)27(19-31(36)38)26-18-23(34)13-16-25(26)29(37)9-6-2/h7-8,10-16,18-20,28H,5-6,9,17H2,1-4H3,(H,35,39)(H,40,41)/b10-8-,21-7+. The quantitative estimate of drug-likeness (QED) is 0.159. The van der Waals surface area contributed by atoms with Gasteiger partial charge in [0.05, 0.1) is 18.9 Å². The number of nitrogens with one attached hydrogen (secondary N) is 1. The summed E-state index contributed by atoms with van der Waals surface area (Å²) in [6.45, 7) is 5.77. The summed E-state index contributed by atoms with van der Waals surface area (Å²) in [5, 5.41) is 12.4. The zero-order chi connectivity index (χ0) is 30.8. The lowest BCUT2D eigenvalue weighted by atomic mass is 9.95. The molecule has 1 amide bonds. The van der Waals surface area contributed by atoms with Gasteiger partial charge >= 0.3 is 5.97 Å². The van der Waals surface area contributed by atoms with Gasteiger partial charge in [0.2, 0.25) is 5.91 Å². The molecule has 2 N–H and O–H groups in total. The number of rotatable bonds is 13. The van der Waals surface area contributed by atoms with Gasteiger partial charge in [-0.3, -0.25) is 19.0 Å². The van der Waals surface area contributed by atoms with E-state index in [0.29, 0.717) is 40.2 Å². The molecule has 220 valence electrons. The second-order valence-electron chi connectivity index (χ2n) is 9.63. The molecule has 0 saturated heterocycles. The van der Waals surface area contributed by atoms with E-state index < -0.39 is 23.5 Å². The lowest BCUT2D eigenvalue weighted by Gasteiger charge is -2.22. The molecule has 0 aliphatic carbocycles. The summed E-state index contributed by atoms with van der Waals surface area (Å²) in [5.41, 5.74) is 2.13. The Morgan fingerprint density at radius 1 is 1.07 bits per heavy atom. The van der Waals surface area contributed by atoms with E-state index in [4.69, 9.17) is 16.3 Å². The van der Waals surface area contributed by atoms with Crippen LogP contribution in [0.1, 0.15) is 73.2 Å². The molecular formula is C33H35ClN2O6. The number of nitrogens with zero attached hydrogens (tertiary/aromatic N) is 1. The Bertz CT molecular complexity index is 1570. The first kappa shape index (κ1) is 32.1. The van der Waals surface area contributed by atoms with Crippen molar-refractivity contribution in [2.24, 2.45) is 0 Å². The highest BCUT2D eigenvalue weighted by molar-refractivity contribution is 6.31. The van der Waals surface area contributed by atoms with Gasteiger partial charge in [-0.25, -0.2) is 4.79 Å². The molecule has 1 unspecified atom stereocenters. The summed E-state index contributed by atoms with van der Waals surface area (Å²) in [6.07, 6.45) is 9.22. The third-order valence-corrected chi connectivity index (χ3v) is 6.95. The molecule has 3 rings (SSSR count). The van der Waals surface area contributed by atoms with Crippen LogP contribution in [0.2, 0.25) is 5.02 Å². The van der Waals surface area contributed by atoms with Crippen LogP contribution in [0, 0.1) is 0 Å². The molecule has 0 bridgehead atoms. The van der Waals surface area contributed by atoms with Crippen LogP contribution < -0.4 is 15.6 Å². The second kappa shape index (κ2) is 15.0. The number of allylic oxidation sites excluding steroid dienone is 4. The van der Waals surface area contributed by atoms with Gasteiger partial charge in [-0.2, -0.15) is 0 Å². The fraction of sp³-hybridized carbons (Fsp3) is 0.273. The van der Waals surface area contributed by atoms with Gasteiger partial charge in [-0.05, 0) is 67.8 Å². The molecular weight excluding hydrogens is 556 g/mol. The number of anilines is 1. The zero-order valence-electron chi connectivity index (χ0n) is 24.1. The number of aromatic carboxylic acids is 1. The number of hydrogen-bond donors (Lipinski definition) is 2. The predicted molar refractivity (Wildman–Crippen MR) is 166 cm³/mol. The van der Waals surface area contributed by atoms with Crippen LogP contribution in [0.4, 0.5) is 5.69 Å². The number of methoxy groups -OCH3 is 1. The van der Waals surface area contributed by atoms with Crippen molar-refractivity contribution in [2.45, 2.75) is 52.5 Å². The maximum absolute atomic E-state index is 13.7. The molecule has 1 heterocycles. The molecule has 0 saturated carbocycles. The average Bonchev–Trinajstić information content (AvgIpc) is 2.97. The van der Waals surface area contributed by atoms with Gasteiger partial charge in [0.25, 0.3) is 5.56 Å². The van der Waals surface area contributed by atoms with Crippen molar-refractivity contribution >= 4 is 34.9 Å². The lowest BCUT2D eigenvalue weighted by Crippen LogP contribution is -2.33. The van der Waals surface area contributed by atoms with Crippen molar-refractivity contribution in [1.82, 2.24) is 4.57 Å². The van der Waals surface area contributed by atoms with E-state index in [1.54, 1.807) is 18.2 Å². The Labute approximate surface area is 250 Å². The third kappa shape index (κ3) is 7.85. The Morgan fingerprint density at radius 3 is 2.38 bits per heavy atom. The number of carbonyl (C=O) groups excluding carboxylic acids is 2. The minimum Gasteiger partial charge on any atom is -0.495 e. The minimum absolute atomic E-state index is 0.0815. The number of carboxylic acids is 1. The first-order valence-electron chi connectivity index (χ1n) is 13.7. The van der Waals surface area contributed by atoms with E-state index in [1.165, 1.54) is 48.2 Å². The highest BCUT2D eigenvalue weighted by atomic mass is 35.5. The van der Waals surface area contributed by atoms with E-state index in [9.17, 15) is 24.3 Å². The van der Waals surface area contributed by atoms with Gasteiger partial charge in [0, 0.05) is 40.7 Å². The van der Waals surface area contributed by atoms with Crippen molar-refractivity contribution in [3.63, 3.8) is 0 Å². The maximum Gasteiger partial charge on any atom is 0.335 e. The maximum atomic E-state index is 13.7. The second-order valence-corrected chi connectivity index (χ2v) is 10.1. The average molecular weight is 591 g/mol. The molecule has 1 aromatic heterocycles. The number of hydrogen-bond acceptors (Lipinski definition) is 5. The minimum atomic E-state index is -1.08. The van der Waals surface area contributed by atoms with E-state index in [2.05, 4.69) is 5.32 Å². The first-order valence-corrected chi connectivity index (χ1v) is 14.1. The Kier molecular flexibility index (Phi) is 11.4. The monoisotopic (exact) mass is 590 g/mol. The van der Waals surface area contributed by atoms with Gasteiger partial charge in [0.15, 0.2) is 5.78 Å². The van der Waals surface area contributed by atoms with Crippen LogP contribution in [0.15, 0.2) is 83.3 Å². The molecule has 0 radical (unpaired) electrons. The largest absolute Gasteiger partial charge is 0.495 e. The molecule has 2 aromatic carbocycles. The number of carboxylic acid groups (broad SMARTS) is 1. The number of Topliss-reactive ketones (excluding diaryl/α,β-unsaturated/α-hetero) is 1. The van der Waals surface area contributed by atoms with Crippen LogP contribution >= 0.6 is 11.6 Å². The molecule has 3 aromatic rings. The molecule has 0 aliphatic heterocycles. The predicted octanol–water partition coefficient (Wildman–Crippen LogP) is 7.34. The smallest absolute Gasteiger partial charge is 0.335 e. The third-order valence-electron chi connectivity index (χ3n) is 6.72. The van der Waals surface area contributed by atoms with Crippen molar-refractivity contribution in [3.05, 3.63) is 105 Å². The summed E-state index contributed by atoms with van der Waals surface area (Å²) in [6, 6.07) is 11.0. The summed E-state index contributed by atoms with van der Waals surface area (Å²) in [5.74, 6) is -1.34. The molecule has 0 fully saturated rings. The topological polar surface area (TPSA) is 115 Å². The number of carbonyl (C=O) groups is 3. The number of pyridine rings is 1.